The highest BCUT2D eigenvalue weighted by Gasteiger charge is 2.41. The Kier molecular flexibility index (Phi) is 3.63. The zero-order valence-corrected chi connectivity index (χ0v) is 12.1. The average Bonchev–Trinajstić information content (AvgIpc) is 3.11. The quantitative estimate of drug-likeness (QED) is 0.869. The van der Waals surface area contributed by atoms with E-state index >= 15 is 0 Å². The van der Waals surface area contributed by atoms with Crippen LogP contribution in [0, 0.1) is 17.8 Å². The number of fused-ring (bicyclic) bond motifs is 2. The molecule has 0 aliphatic heterocycles. The maximum Gasteiger partial charge on any atom is 0.345 e. The van der Waals surface area contributed by atoms with Crippen LogP contribution in [0.4, 0.5) is 0 Å². The SMILES string of the molecule is CC(NCc1ccc(C(=O)O)s1)C1CC2CCC1C2. The van der Waals surface area contributed by atoms with Crippen LogP contribution in [0.3, 0.4) is 0 Å². The van der Waals surface area contributed by atoms with Gasteiger partial charge in [-0.15, -0.1) is 11.3 Å². The number of carboxylic acids is 1. The number of hydrogen-bond acceptors (Lipinski definition) is 3. The molecule has 2 saturated carbocycles. The van der Waals surface area contributed by atoms with Crippen molar-refractivity contribution in [3.63, 3.8) is 0 Å². The van der Waals surface area contributed by atoms with E-state index < -0.39 is 5.97 Å². The maximum absolute atomic E-state index is 10.8. The van der Waals surface area contributed by atoms with Crippen molar-refractivity contribution in [1.82, 2.24) is 5.32 Å². The van der Waals surface area contributed by atoms with Crippen LogP contribution in [-0.2, 0) is 6.54 Å². The molecule has 1 aromatic rings. The van der Waals surface area contributed by atoms with Crippen LogP contribution < -0.4 is 5.32 Å². The summed E-state index contributed by atoms with van der Waals surface area (Å²) in [7, 11) is 0. The fourth-order valence-corrected chi connectivity index (χ4v) is 4.70. The van der Waals surface area contributed by atoms with Crippen molar-refractivity contribution in [3.8, 4) is 0 Å². The van der Waals surface area contributed by atoms with Gasteiger partial charge in [-0.25, -0.2) is 4.79 Å². The molecule has 1 heterocycles. The molecular formula is C15H21NO2S. The summed E-state index contributed by atoms with van der Waals surface area (Å²) in [5.74, 6) is 1.93. The van der Waals surface area contributed by atoms with E-state index in [2.05, 4.69) is 12.2 Å². The van der Waals surface area contributed by atoms with E-state index in [1.54, 1.807) is 6.07 Å². The average molecular weight is 279 g/mol. The molecule has 19 heavy (non-hydrogen) atoms. The second-order valence-corrected chi connectivity index (χ2v) is 7.25. The van der Waals surface area contributed by atoms with Gasteiger partial charge >= 0.3 is 5.97 Å². The Morgan fingerprint density at radius 2 is 2.32 bits per heavy atom. The number of carbonyl (C=O) groups is 1. The van der Waals surface area contributed by atoms with Gasteiger partial charge in [-0.1, -0.05) is 6.42 Å². The first-order valence-electron chi connectivity index (χ1n) is 7.19. The predicted octanol–water partition coefficient (Wildman–Crippen LogP) is 3.36. The van der Waals surface area contributed by atoms with Gasteiger partial charge in [-0.05, 0) is 56.1 Å². The first-order valence-corrected chi connectivity index (χ1v) is 8.00. The first-order chi connectivity index (χ1) is 9.13. The van der Waals surface area contributed by atoms with Crippen molar-refractivity contribution in [2.45, 2.75) is 45.2 Å². The summed E-state index contributed by atoms with van der Waals surface area (Å²) in [5.41, 5.74) is 0. The van der Waals surface area contributed by atoms with Crippen LogP contribution in [0.2, 0.25) is 0 Å². The van der Waals surface area contributed by atoms with E-state index in [1.165, 1.54) is 37.0 Å². The first kappa shape index (κ1) is 13.1. The lowest BCUT2D eigenvalue weighted by Crippen LogP contribution is -2.35. The summed E-state index contributed by atoms with van der Waals surface area (Å²) < 4.78 is 0. The second-order valence-electron chi connectivity index (χ2n) is 6.08. The van der Waals surface area contributed by atoms with Crippen LogP contribution in [0.15, 0.2) is 12.1 Å². The largest absolute Gasteiger partial charge is 0.477 e. The zero-order chi connectivity index (χ0) is 13.4. The predicted molar refractivity (Wildman–Crippen MR) is 76.5 cm³/mol. The maximum atomic E-state index is 10.8. The van der Waals surface area contributed by atoms with Gasteiger partial charge in [0.25, 0.3) is 0 Å². The molecule has 1 aromatic heterocycles. The van der Waals surface area contributed by atoms with Crippen molar-refractivity contribution >= 4 is 17.3 Å². The lowest BCUT2D eigenvalue weighted by atomic mass is 9.84. The standard InChI is InChI=1S/C15H21NO2S/c1-9(13-7-10-2-3-11(13)6-10)16-8-12-4-5-14(19-12)15(17)18/h4-5,9-11,13,16H,2-3,6-8H2,1H3,(H,17,18). The fraction of sp³-hybridized carbons (Fsp3) is 0.667. The molecular weight excluding hydrogens is 258 g/mol. The lowest BCUT2D eigenvalue weighted by molar-refractivity contribution is 0.0702. The third-order valence-electron chi connectivity index (χ3n) is 4.91. The smallest absolute Gasteiger partial charge is 0.345 e. The molecule has 4 atom stereocenters. The Bertz CT molecular complexity index is 470. The van der Waals surface area contributed by atoms with Crippen molar-refractivity contribution in [3.05, 3.63) is 21.9 Å². The molecule has 0 spiro atoms. The van der Waals surface area contributed by atoms with Crippen LogP contribution in [-0.4, -0.2) is 17.1 Å². The third kappa shape index (κ3) is 2.70. The number of thiophene rings is 1. The van der Waals surface area contributed by atoms with Crippen LogP contribution >= 0.6 is 11.3 Å². The highest BCUT2D eigenvalue weighted by molar-refractivity contribution is 7.13. The number of rotatable bonds is 5. The monoisotopic (exact) mass is 279 g/mol. The van der Waals surface area contributed by atoms with E-state index in [4.69, 9.17) is 5.11 Å². The van der Waals surface area contributed by atoms with Crippen molar-refractivity contribution in [2.24, 2.45) is 17.8 Å². The van der Waals surface area contributed by atoms with Crippen molar-refractivity contribution in [1.29, 1.82) is 0 Å². The van der Waals surface area contributed by atoms with Gasteiger partial charge in [0, 0.05) is 17.5 Å². The Balaban J connectivity index is 1.52. The van der Waals surface area contributed by atoms with Crippen LogP contribution in [0.1, 0.15) is 47.2 Å². The second kappa shape index (κ2) is 5.25. The molecule has 3 nitrogen and oxygen atoms in total. The van der Waals surface area contributed by atoms with Crippen molar-refractivity contribution in [2.75, 3.05) is 0 Å². The van der Waals surface area contributed by atoms with Crippen LogP contribution in [0.5, 0.6) is 0 Å². The Labute approximate surface area is 118 Å². The number of nitrogens with one attached hydrogen (secondary N) is 1. The lowest BCUT2D eigenvalue weighted by Gasteiger charge is -2.28. The van der Waals surface area contributed by atoms with E-state index in [0.29, 0.717) is 10.9 Å². The number of aromatic carboxylic acids is 1. The molecule has 0 amide bonds. The summed E-state index contributed by atoms with van der Waals surface area (Å²) in [4.78, 5) is 12.4. The summed E-state index contributed by atoms with van der Waals surface area (Å²) in [6, 6.07) is 4.17. The summed E-state index contributed by atoms with van der Waals surface area (Å²) >= 11 is 1.38. The minimum Gasteiger partial charge on any atom is -0.477 e. The molecule has 104 valence electrons. The summed E-state index contributed by atoms with van der Waals surface area (Å²) in [6.45, 7) is 3.09. The molecule has 0 saturated heterocycles. The molecule has 4 unspecified atom stereocenters. The zero-order valence-electron chi connectivity index (χ0n) is 11.3. The molecule has 2 fully saturated rings. The van der Waals surface area contributed by atoms with Gasteiger partial charge in [-0.2, -0.15) is 0 Å². The molecule has 2 bridgehead atoms. The normalized spacial score (nSPS) is 30.7. The summed E-state index contributed by atoms with van der Waals surface area (Å²) in [6.07, 6.45) is 5.70. The molecule has 0 aromatic carbocycles. The molecule has 2 aliphatic rings. The highest BCUT2D eigenvalue weighted by atomic mass is 32.1. The van der Waals surface area contributed by atoms with Crippen LogP contribution in [0.25, 0.3) is 0 Å². The van der Waals surface area contributed by atoms with Gasteiger partial charge in [0.05, 0.1) is 0 Å². The number of carboxylic acid groups (broad SMARTS) is 1. The molecule has 2 N–H and O–H groups in total. The van der Waals surface area contributed by atoms with Gasteiger partial charge in [0.2, 0.25) is 0 Å². The Hall–Kier alpha value is -0.870. The van der Waals surface area contributed by atoms with Crippen molar-refractivity contribution < 1.29 is 9.90 Å². The summed E-state index contributed by atoms with van der Waals surface area (Å²) in [5, 5.41) is 12.5. The fourth-order valence-electron chi connectivity index (χ4n) is 3.91. The van der Waals surface area contributed by atoms with E-state index in [-0.39, 0.29) is 0 Å². The van der Waals surface area contributed by atoms with E-state index in [1.807, 2.05) is 6.07 Å². The molecule has 4 heteroatoms. The molecule has 3 rings (SSSR count). The molecule has 0 radical (unpaired) electrons. The van der Waals surface area contributed by atoms with Gasteiger partial charge in [0.1, 0.15) is 4.88 Å². The third-order valence-corrected chi connectivity index (χ3v) is 5.98. The molecule has 2 aliphatic carbocycles. The highest BCUT2D eigenvalue weighted by Crippen LogP contribution is 2.49. The minimum atomic E-state index is -0.822. The Morgan fingerprint density at radius 3 is 2.89 bits per heavy atom. The number of hydrogen-bond donors (Lipinski definition) is 2. The minimum absolute atomic E-state index is 0.435. The van der Waals surface area contributed by atoms with Gasteiger partial charge < -0.3 is 10.4 Å². The van der Waals surface area contributed by atoms with E-state index in [0.717, 1.165) is 29.2 Å². The van der Waals surface area contributed by atoms with Gasteiger partial charge in [-0.3, -0.25) is 0 Å². The van der Waals surface area contributed by atoms with E-state index in [9.17, 15) is 4.79 Å². The van der Waals surface area contributed by atoms with Gasteiger partial charge in [0.15, 0.2) is 0 Å². The Morgan fingerprint density at radius 1 is 1.47 bits per heavy atom. The topological polar surface area (TPSA) is 49.3 Å².